The first-order chi connectivity index (χ1) is 13.2. The van der Waals surface area contributed by atoms with Crippen LogP contribution in [0.5, 0.6) is 0 Å². The number of aromatic nitrogens is 1. The van der Waals surface area contributed by atoms with Gasteiger partial charge in [-0.1, -0.05) is 24.3 Å². The lowest BCUT2D eigenvalue weighted by atomic mass is 10.0. The molecule has 1 heterocycles. The van der Waals surface area contributed by atoms with E-state index in [1.54, 1.807) is 18.3 Å². The lowest BCUT2D eigenvalue weighted by molar-refractivity contribution is -0.122. The summed E-state index contributed by atoms with van der Waals surface area (Å²) in [7, 11) is -4.14. The van der Waals surface area contributed by atoms with E-state index in [9.17, 15) is 18.3 Å². The molecule has 1 aromatic heterocycles. The van der Waals surface area contributed by atoms with Crippen molar-refractivity contribution >= 4 is 32.5 Å². The number of carbonyl (C=O) groups is 1. The van der Waals surface area contributed by atoms with Gasteiger partial charge in [-0.15, -0.1) is 0 Å². The Labute approximate surface area is 162 Å². The van der Waals surface area contributed by atoms with E-state index in [1.165, 1.54) is 19.1 Å². The fourth-order valence-electron chi connectivity index (χ4n) is 2.70. The third kappa shape index (κ3) is 3.96. The van der Waals surface area contributed by atoms with Crippen LogP contribution in [0.4, 0.5) is 5.82 Å². The highest BCUT2D eigenvalue weighted by atomic mass is 32.2. The van der Waals surface area contributed by atoms with Crippen LogP contribution in [0.3, 0.4) is 0 Å². The van der Waals surface area contributed by atoms with Gasteiger partial charge in [0.1, 0.15) is 11.9 Å². The molecule has 3 aromatic rings. The molecule has 8 nitrogen and oxygen atoms in total. The SMILES string of the molecule is C[C@@H](O)[C@H](N)C(=O)NS(=O)(=O)c1cccc(-c2ccc3c(N)nccc3c2)c1. The standard InChI is InChI=1S/C19H20N4O4S/c1-11(24)17(20)19(25)23-28(26,27)15-4-2-3-12(10-15)13-5-6-16-14(9-13)7-8-22-18(16)21/h2-11,17,24H,20H2,1H3,(H2,21,22)(H,23,25)/t11-,17+/m1/s1. The van der Waals surface area contributed by atoms with Crippen molar-refractivity contribution in [1.82, 2.24) is 9.71 Å². The molecule has 0 radical (unpaired) electrons. The smallest absolute Gasteiger partial charge is 0.264 e. The number of nitrogens with two attached hydrogens (primary N) is 2. The van der Waals surface area contributed by atoms with Gasteiger partial charge < -0.3 is 16.6 Å². The van der Waals surface area contributed by atoms with Crippen LogP contribution < -0.4 is 16.2 Å². The monoisotopic (exact) mass is 400 g/mol. The van der Waals surface area contributed by atoms with Crippen molar-refractivity contribution in [1.29, 1.82) is 0 Å². The number of aliphatic hydroxyl groups excluding tert-OH is 1. The van der Waals surface area contributed by atoms with Gasteiger partial charge in [0, 0.05) is 11.6 Å². The molecule has 2 aromatic carbocycles. The summed E-state index contributed by atoms with van der Waals surface area (Å²) in [6.07, 6.45) is 0.421. The minimum atomic E-state index is -4.14. The van der Waals surface area contributed by atoms with Crippen LogP contribution in [0.2, 0.25) is 0 Å². The van der Waals surface area contributed by atoms with Gasteiger partial charge in [-0.25, -0.2) is 18.1 Å². The summed E-state index contributed by atoms with van der Waals surface area (Å²) in [4.78, 5) is 15.9. The number of hydrogen-bond donors (Lipinski definition) is 4. The molecule has 0 fully saturated rings. The van der Waals surface area contributed by atoms with E-state index in [-0.39, 0.29) is 4.90 Å². The van der Waals surface area contributed by atoms with Crippen LogP contribution in [-0.2, 0) is 14.8 Å². The fraction of sp³-hybridized carbons (Fsp3) is 0.158. The highest BCUT2D eigenvalue weighted by molar-refractivity contribution is 7.90. The predicted molar refractivity (Wildman–Crippen MR) is 107 cm³/mol. The minimum Gasteiger partial charge on any atom is -0.391 e. The Morgan fingerprint density at radius 1 is 1.14 bits per heavy atom. The number of sulfonamides is 1. The summed E-state index contributed by atoms with van der Waals surface area (Å²) in [5.41, 5.74) is 12.8. The first kappa shape index (κ1) is 19.7. The highest BCUT2D eigenvalue weighted by Gasteiger charge is 2.25. The molecule has 9 heteroatoms. The van der Waals surface area contributed by atoms with Gasteiger partial charge in [-0.2, -0.15) is 0 Å². The second-order valence-electron chi connectivity index (χ2n) is 6.40. The molecular formula is C19H20N4O4S. The van der Waals surface area contributed by atoms with Gasteiger partial charge in [-0.3, -0.25) is 4.79 Å². The predicted octanol–water partition coefficient (Wildman–Crippen LogP) is 0.997. The van der Waals surface area contributed by atoms with Gasteiger partial charge in [0.2, 0.25) is 0 Å². The van der Waals surface area contributed by atoms with Crippen molar-refractivity contribution in [2.24, 2.45) is 5.73 Å². The maximum Gasteiger partial charge on any atom is 0.264 e. The number of hydrogen-bond acceptors (Lipinski definition) is 7. The fourth-order valence-corrected chi connectivity index (χ4v) is 3.76. The maximum atomic E-state index is 12.5. The molecule has 0 aliphatic heterocycles. The van der Waals surface area contributed by atoms with Crippen molar-refractivity contribution in [2.45, 2.75) is 24.0 Å². The molecule has 0 aliphatic carbocycles. The van der Waals surface area contributed by atoms with Crippen LogP contribution in [0.25, 0.3) is 21.9 Å². The molecule has 0 aliphatic rings. The third-order valence-corrected chi connectivity index (χ3v) is 5.67. The van der Waals surface area contributed by atoms with Crippen molar-refractivity contribution in [3.63, 3.8) is 0 Å². The van der Waals surface area contributed by atoms with Crippen LogP contribution in [0.15, 0.2) is 59.6 Å². The number of rotatable bonds is 5. The topological polar surface area (TPSA) is 148 Å². The number of benzene rings is 2. The van der Waals surface area contributed by atoms with E-state index in [1.807, 2.05) is 29.0 Å². The number of aliphatic hydroxyl groups is 1. The van der Waals surface area contributed by atoms with Gasteiger partial charge >= 0.3 is 0 Å². The molecule has 0 bridgehead atoms. The second kappa shape index (κ2) is 7.55. The number of pyridine rings is 1. The molecule has 2 atom stereocenters. The number of anilines is 1. The Hall–Kier alpha value is -3.01. The summed E-state index contributed by atoms with van der Waals surface area (Å²) in [6, 6.07) is 12.1. The van der Waals surface area contributed by atoms with E-state index in [2.05, 4.69) is 4.98 Å². The van der Waals surface area contributed by atoms with E-state index >= 15 is 0 Å². The number of fused-ring (bicyclic) bond motifs is 1. The van der Waals surface area contributed by atoms with Crippen molar-refractivity contribution in [2.75, 3.05) is 5.73 Å². The average Bonchev–Trinajstić information content (AvgIpc) is 2.67. The van der Waals surface area contributed by atoms with Crippen LogP contribution in [-0.4, -0.2) is 36.6 Å². The average molecular weight is 400 g/mol. The van der Waals surface area contributed by atoms with E-state index in [0.717, 1.165) is 16.3 Å². The van der Waals surface area contributed by atoms with Gasteiger partial charge in [0.15, 0.2) is 0 Å². The summed E-state index contributed by atoms with van der Waals surface area (Å²) >= 11 is 0. The maximum absolute atomic E-state index is 12.5. The number of amides is 1. The minimum absolute atomic E-state index is 0.0921. The lowest BCUT2D eigenvalue weighted by Gasteiger charge is -2.15. The van der Waals surface area contributed by atoms with Crippen molar-refractivity contribution in [3.05, 3.63) is 54.7 Å². The largest absolute Gasteiger partial charge is 0.391 e. The third-order valence-electron chi connectivity index (χ3n) is 4.33. The van der Waals surface area contributed by atoms with Gasteiger partial charge in [0.05, 0.1) is 11.0 Å². The lowest BCUT2D eigenvalue weighted by Crippen LogP contribution is -2.48. The molecule has 28 heavy (non-hydrogen) atoms. The molecular weight excluding hydrogens is 380 g/mol. The van der Waals surface area contributed by atoms with Crippen molar-refractivity contribution in [3.8, 4) is 11.1 Å². The molecule has 0 unspecified atom stereocenters. The van der Waals surface area contributed by atoms with Crippen LogP contribution in [0, 0.1) is 0 Å². The first-order valence-electron chi connectivity index (χ1n) is 8.44. The normalized spacial score (nSPS) is 13.8. The van der Waals surface area contributed by atoms with E-state index in [0.29, 0.717) is 11.4 Å². The molecule has 0 saturated carbocycles. The number of nitrogens with zero attached hydrogens (tertiary/aromatic N) is 1. The summed E-state index contributed by atoms with van der Waals surface area (Å²) in [5.74, 6) is -0.563. The summed E-state index contributed by atoms with van der Waals surface area (Å²) < 4.78 is 26.9. The van der Waals surface area contributed by atoms with E-state index in [4.69, 9.17) is 11.5 Å². The molecule has 6 N–H and O–H groups in total. The Balaban J connectivity index is 1.95. The zero-order chi connectivity index (χ0) is 20.5. The van der Waals surface area contributed by atoms with Crippen LogP contribution >= 0.6 is 0 Å². The molecule has 1 amide bonds. The Bertz CT molecular complexity index is 1150. The zero-order valence-corrected chi connectivity index (χ0v) is 15.8. The number of nitrogens with one attached hydrogen (secondary N) is 1. The summed E-state index contributed by atoms with van der Waals surface area (Å²) in [5, 5.41) is 11.0. The molecule has 146 valence electrons. The molecule has 0 spiro atoms. The van der Waals surface area contributed by atoms with Crippen molar-refractivity contribution < 1.29 is 18.3 Å². The molecule has 3 rings (SSSR count). The Morgan fingerprint density at radius 2 is 1.86 bits per heavy atom. The second-order valence-corrected chi connectivity index (χ2v) is 8.08. The zero-order valence-electron chi connectivity index (χ0n) is 15.0. The highest BCUT2D eigenvalue weighted by Crippen LogP contribution is 2.27. The quantitative estimate of drug-likeness (QED) is 0.499. The first-order valence-corrected chi connectivity index (χ1v) is 9.92. The van der Waals surface area contributed by atoms with Gasteiger partial charge in [0.25, 0.3) is 15.9 Å². The number of nitrogen functional groups attached to an aromatic ring is 1. The Kier molecular flexibility index (Phi) is 5.32. The molecule has 0 saturated heterocycles. The number of carbonyl (C=O) groups excluding carboxylic acids is 1. The van der Waals surface area contributed by atoms with Gasteiger partial charge in [-0.05, 0) is 47.7 Å². The van der Waals surface area contributed by atoms with Crippen LogP contribution in [0.1, 0.15) is 6.92 Å². The summed E-state index contributed by atoms with van der Waals surface area (Å²) in [6.45, 7) is 1.31. The Morgan fingerprint density at radius 3 is 2.57 bits per heavy atom. The van der Waals surface area contributed by atoms with E-state index < -0.39 is 28.1 Å².